The summed E-state index contributed by atoms with van der Waals surface area (Å²) in [6.07, 6.45) is 1.62. The first-order chi connectivity index (χ1) is 8.88. The minimum absolute atomic E-state index is 0.0383. The average molecular weight is 269 g/mol. The van der Waals surface area contributed by atoms with Crippen LogP contribution in [0.4, 0.5) is 11.5 Å². The van der Waals surface area contributed by atoms with E-state index in [9.17, 15) is 10.1 Å². The van der Waals surface area contributed by atoms with Gasteiger partial charge < -0.3 is 11.1 Å². The van der Waals surface area contributed by atoms with Crippen LogP contribution in [-0.2, 0) is 6.54 Å². The smallest absolute Gasteiger partial charge is 0.333 e. The van der Waals surface area contributed by atoms with Crippen molar-refractivity contribution in [2.75, 3.05) is 11.9 Å². The minimum Gasteiger partial charge on any atom is -0.363 e. The van der Waals surface area contributed by atoms with Crippen LogP contribution in [-0.4, -0.2) is 26.8 Å². The molecule has 0 aliphatic rings. The third-order valence-electron chi connectivity index (χ3n) is 3.59. The zero-order chi connectivity index (χ0) is 14.6. The summed E-state index contributed by atoms with van der Waals surface area (Å²) in [5.74, 6) is 0.446. The minimum atomic E-state index is -0.396. The van der Waals surface area contributed by atoms with E-state index in [1.54, 1.807) is 11.6 Å². The molecule has 0 fully saturated rings. The van der Waals surface area contributed by atoms with E-state index in [1.165, 1.54) is 0 Å². The van der Waals surface area contributed by atoms with Crippen molar-refractivity contribution in [1.29, 1.82) is 0 Å². The summed E-state index contributed by atoms with van der Waals surface area (Å²) in [6.45, 7) is 8.64. The molecule has 19 heavy (non-hydrogen) atoms. The van der Waals surface area contributed by atoms with E-state index in [-0.39, 0.29) is 11.2 Å². The molecule has 0 bridgehead atoms. The highest BCUT2D eigenvalue weighted by Crippen LogP contribution is 2.28. The van der Waals surface area contributed by atoms with E-state index >= 15 is 0 Å². The number of rotatable bonds is 7. The number of aryl methyl sites for hydroxylation is 2. The number of anilines is 1. The standard InChI is InChI=1S/C12H23N5O2/c1-5-12(13,6-2)8-14-11-10(17(18)19)9(4)15-16(11)7-3/h14H,5-8,13H2,1-4H3. The van der Waals surface area contributed by atoms with Gasteiger partial charge in [-0.05, 0) is 26.7 Å². The van der Waals surface area contributed by atoms with Gasteiger partial charge in [0, 0.05) is 18.6 Å². The fraction of sp³-hybridized carbons (Fsp3) is 0.750. The largest absolute Gasteiger partial charge is 0.363 e. The summed E-state index contributed by atoms with van der Waals surface area (Å²) < 4.78 is 1.61. The van der Waals surface area contributed by atoms with Gasteiger partial charge in [-0.25, -0.2) is 4.68 Å². The molecule has 0 spiro atoms. The molecule has 1 heterocycles. The third-order valence-corrected chi connectivity index (χ3v) is 3.59. The highest BCUT2D eigenvalue weighted by atomic mass is 16.6. The molecule has 0 unspecified atom stereocenters. The van der Waals surface area contributed by atoms with Crippen LogP contribution in [0.3, 0.4) is 0 Å². The van der Waals surface area contributed by atoms with Gasteiger partial charge in [0.15, 0.2) is 0 Å². The number of nitrogens with one attached hydrogen (secondary N) is 1. The van der Waals surface area contributed by atoms with Crippen LogP contribution >= 0.6 is 0 Å². The van der Waals surface area contributed by atoms with Crippen molar-refractivity contribution in [2.45, 2.75) is 52.6 Å². The molecule has 0 atom stereocenters. The lowest BCUT2D eigenvalue weighted by molar-refractivity contribution is -0.384. The lowest BCUT2D eigenvalue weighted by atomic mass is 9.94. The van der Waals surface area contributed by atoms with E-state index in [2.05, 4.69) is 10.4 Å². The Balaban J connectivity index is 3.02. The molecule has 7 nitrogen and oxygen atoms in total. The van der Waals surface area contributed by atoms with Gasteiger partial charge in [0.2, 0.25) is 5.82 Å². The van der Waals surface area contributed by atoms with Gasteiger partial charge in [-0.1, -0.05) is 13.8 Å². The number of hydrogen-bond acceptors (Lipinski definition) is 5. The molecule has 0 aromatic carbocycles. The van der Waals surface area contributed by atoms with E-state index < -0.39 is 4.92 Å². The van der Waals surface area contributed by atoms with Gasteiger partial charge in [0.25, 0.3) is 0 Å². The Kier molecular flexibility index (Phi) is 4.88. The molecule has 0 radical (unpaired) electrons. The molecule has 0 saturated carbocycles. The summed E-state index contributed by atoms with van der Waals surface area (Å²) in [6, 6.07) is 0. The Labute approximate surface area is 113 Å². The Bertz CT molecular complexity index is 451. The second-order valence-electron chi connectivity index (χ2n) is 4.78. The predicted octanol–water partition coefficient (Wildman–Crippen LogP) is 2.05. The second kappa shape index (κ2) is 6.01. The molecule has 0 saturated heterocycles. The van der Waals surface area contributed by atoms with Gasteiger partial charge in [0.1, 0.15) is 5.69 Å². The zero-order valence-electron chi connectivity index (χ0n) is 12.1. The molecule has 7 heteroatoms. The molecule has 1 aromatic rings. The Hall–Kier alpha value is -1.63. The second-order valence-corrected chi connectivity index (χ2v) is 4.78. The SMILES string of the molecule is CCn1nc(C)c([N+](=O)[O-])c1NCC(N)(CC)CC. The van der Waals surface area contributed by atoms with Crippen molar-refractivity contribution in [3.63, 3.8) is 0 Å². The van der Waals surface area contributed by atoms with Crippen molar-refractivity contribution >= 4 is 11.5 Å². The molecule has 0 amide bonds. The molecular weight excluding hydrogens is 246 g/mol. The molecule has 108 valence electrons. The lowest BCUT2D eigenvalue weighted by Gasteiger charge is -2.27. The Morgan fingerprint density at radius 2 is 2.00 bits per heavy atom. The molecule has 0 aliphatic carbocycles. The van der Waals surface area contributed by atoms with Gasteiger partial charge >= 0.3 is 5.69 Å². The fourth-order valence-electron chi connectivity index (χ4n) is 1.95. The fourth-order valence-corrected chi connectivity index (χ4v) is 1.95. The molecule has 1 rings (SSSR count). The van der Waals surface area contributed by atoms with Crippen molar-refractivity contribution < 1.29 is 4.92 Å². The predicted molar refractivity (Wildman–Crippen MR) is 75.3 cm³/mol. The number of hydrogen-bond donors (Lipinski definition) is 2. The van der Waals surface area contributed by atoms with Crippen LogP contribution in [0.5, 0.6) is 0 Å². The summed E-state index contributed by atoms with van der Waals surface area (Å²) >= 11 is 0. The van der Waals surface area contributed by atoms with Crippen molar-refractivity contribution in [2.24, 2.45) is 5.73 Å². The monoisotopic (exact) mass is 269 g/mol. The first-order valence-corrected chi connectivity index (χ1v) is 6.63. The highest BCUT2D eigenvalue weighted by Gasteiger charge is 2.27. The maximum atomic E-state index is 11.1. The van der Waals surface area contributed by atoms with Crippen LogP contribution < -0.4 is 11.1 Å². The van der Waals surface area contributed by atoms with Crippen molar-refractivity contribution in [1.82, 2.24) is 9.78 Å². The van der Waals surface area contributed by atoms with E-state index in [0.717, 1.165) is 12.8 Å². The third kappa shape index (κ3) is 3.23. The first kappa shape index (κ1) is 15.4. The number of nitro groups is 1. The zero-order valence-corrected chi connectivity index (χ0v) is 12.1. The number of nitrogens with two attached hydrogens (primary N) is 1. The Morgan fingerprint density at radius 3 is 2.42 bits per heavy atom. The van der Waals surface area contributed by atoms with Crippen LogP contribution in [0.1, 0.15) is 39.3 Å². The van der Waals surface area contributed by atoms with Gasteiger partial charge in [-0.2, -0.15) is 5.10 Å². The van der Waals surface area contributed by atoms with Crippen LogP contribution in [0.15, 0.2) is 0 Å². The summed E-state index contributed by atoms with van der Waals surface area (Å²) in [4.78, 5) is 10.7. The van der Waals surface area contributed by atoms with Crippen LogP contribution in [0, 0.1) is 17.0 Å². The summed E-state index contributed by atoms with van der Waals surface area (Å²) in [5, 5.41) is 18.4. The summed E-state index contributed by atoms with van der Waals surface area (Å²) in [5.41, 5.74) is 6.31. The van der Waals surface area contributed by atoms with Crippen LogP contribution in [0.25, 0.3) is 0 Å². The normalized spacial score (nSPS) is 11.6. The van der Waals surface area contributed by atoms with Gasteiger partial charge in [-0.3, -0.25) is 10.1 Å². The Morgan fingerprint density at radius 1 is 1.42 bits per heavy atom. The molecule has 1 aromatic heterocycles. The highest BCUT2D eigenvalue weighted by molar-refractivity contribution is 5.59. The average Bonchev–Trinajstić information content (AvgIpc) is 2.72. The van der Waals surface area contributed by atoms with Gasteiger partial charge in [-0.15, -0.1) is 0 Å². The maximum absolute atomic E-state index is 11.1. The number of aromatic nitrogens is 2. The van der Waals surface area contributed by atoms with Crippen molar-refractivity contribution in [3.8, 4) is 0 Å². The van der Waals surface area contributed by atoms with E-state index in [4.69, 9.17) is 5.73 Å². The first-order valence-electron chi connectivity index (χ1n) is 6.63. The quantitative estimate of drug-likeness (QED) is 0.583. The molecule has 0 aliphatic heterocycles. The number of nitrogens with zero attached hydrogens (tertiary/aromatic N) is 3. The van der Waals surface area contributed by atoms with Gasteiger partial charge in [0.05, 0.1) is 4.92 Å². The molecule has 3 N–H and O–H groups in total. The molecular formula is C12H23N5O2. The summed E-state index contributed by atoms with van der Waals surface area (Å²) in [7, 11) is 0. The maximum Gasteiger partial charge on any atom is 0.333 e. The lowest BCUT2D eigenvalue weighted by Crippen LogP contribution is -2.45. The van der Waals surface area contributed by atoms with Crippen molar-refractivity contribution in [3.05, 3.63) is 15.8 Å². The van der Waals surface area contributed by atoms with E-state index in [0.29, 0.717) is 24.6 Å². The van der Waals surface area contributed by atoms with E-state index in [1.807, 2.05) is 20.8 Å². The topological polar surface area (TPSA) is 99.0 Å². The van der Waals surface area contributed by atoms with Crippen LogP contribution in [0.2, 0.25) is 0 Å².